The average molecular weight is 539 g/mol. The zero-order valence-electron chi connectivity index (χ0n) is 22.8. The minimum absolute atomic E-state index is 0.895. The molecule has 0 atom stereocenters. The van der Waals surface area contributed by atoms with E-state index in [9.17, 15) is 0 Å². The molecule has 3 aromatic heterocycles. The van der Waals surface area contributed by atoms with Crippen LogP contribution < -0.4 is 0 Å². The lowest BCUT2D eigenvalue weighted by atomic mass is 9.94. The van der Waals surface area contributed by atoms with Crippen LogP contribution in [0.15, 0.2) is 127 Å². The van der Waals surface area contributed by atoms with Crippen LogP contribution in [0.4, 0.5) is 0 Å². The van der Waals surface area contributed by atoms with Crippen LogP contribution in [0.3, 0.4) is 0 Å². The summed E-state index contributed by atoms with van der Waals surface area (Å²) in [5, 5.41) is 0. The van der Waals surface area contributed by atoms with Gasteiger partial charge in [0.15, 0.2) is 0 Å². The van der Waals surface area contributed by atoms with E-state index in [2.05, 4.69) is 150 Å². The van der Waals surface area contributed by atoms with Crippen LogP contribution >= 0.6 is 0 Å². The number of nitrogens with one attached hydrogen (secondary N) is 2. The van der Waals surface area contributed by atoms with E-state index in [0.29, 0.717) is 0 Å². The fourth-order valence-corrected chi connectivity index (χ4v) is 5.77. The van der Waals surface area contributed by atoms with Gasteiger partial charge in [0.2, 0.25) is 0 Å². The van der Waals surface area contributed by atoms with Crippen LogP contribution in [0, 0.1) is 0 Å². The Morgan fingerprint density at radius 1 is 0.452 bits per heavy atom. The molecule has 0 saturated carbocycles. The fourth-order valence-electron chi connectivity index (χ4n) is 5.77. The summed E-state index contributed by atoms with van der Waals surface area (Å²) in [5.74, 6) is 0. The van der Waals surface area contributed by atoms with Crippen molar-refractivity contribution in [1.82, 2.24) is 19.9 Å². The molecule has 0 radical (unpaired) electrons. The molecule has 42 heavy (non-hydrogen) atoms. The number of H-pyrrole nitrogens is 2. The summed E-state index contributed by atoms with van der Waals surface area (Å²) in [6.07, 6.45) is 6.30. The predicted octanol–water partition coefficient (Wildman–Crippen LogP) is 9.41. The molecule has 8 rings (SSSR count). The third-order valence-electron chi connectivity index (χ3n) is 7.67. The number of aromatic nitrogens is 4. The number of rotatable bonds is 3. The van der Waals surface area contributed by atoms with Gasteiger partial charge in [-0.1, -0.05) is 91.0 Å². The highest BCUT2D eigenvalue weighted by Crippen LogP contribution is 2.40. The van der Waals surface area contributed by atoms with Gasteiger partial charge >= 0.3 is 0 Å². The molecule has 4 heteroatoms. The van der Waals surface area contributed by atoms with Gasteiger partial charge in [-0.3, -0.25) is 0 Å². The second-order valence-electron chi connectivity index (χ2n) is 10.5. The summed E-state index contributed by atoms with van der Waals surface area (Å²) >= 11 is 0. The van der Waals surface area contributed by atoms with Gasteiger partial charge in [0, 0.05) is 33.3 Å². The number of nitrogens with zero attached hydrogens (tertiary/aromatic N) is 2. The van der Waals surface area contributed by atoms with Gasteiger partial charge in [-0.05, 0) is 71.3 Å². The van der Waals surface area contributed by atoms with Crippen molar-refractivity contribution < 1.29 is 0 Å². The molecule has 0 unspecified atom stereocenters. The van der Waals surface area contributed by atoms with Crippen molar-refractivity contribution in [2.24, 2.45) is 0 Å². The standard InChI is InChI=1S/C38H26N4/c1-4-10-25(11-5-1)34-23-32-21-30-18-16-28(39-30)20-29-17-19-31(40-29)22-33-24-35(26-12-6-2-7-13-26)38(42-33)36(37(34)41-32)27-14-8-3-9-15-27/h1-24,39,42H. The first kappa shape index (κ1) is 24.1. The Balaban J connectivity index is 1.57. The Kier molecular flexibility index (Phi) is 5.75. The normalized spacial score (nSPS) is 12.3. The second-order valence-corrected chi connectivity index (χ2v) is 10.5. The van der Waals surface area contributed by atoms with E-state index in [1.54, 1.807) is 0 Å². The molecule has 0 amide bonds. The van der Waals surface area contributed by atoms with E-state index in [0.717, 1.165) is 78.2 Å². The molecule has 0 aliphatic carbocycles. The summed E-state index contributed by atoms with van der Waals surface area (Å²) in [6, 6.07) is 44.3. The lowest BCUT2D eigenvalue weighted by Gasteiger charge is -2.11. The number of hydrogen-bond acceptors (Lipinski definition) is 2. The van der Waals surface area contributed by atoms with Gasteiger partial charge in [0.1, 0.15) is 0 Å². The Bertz CT molecular complexity index is 2170. The maximum absolute atomic E-state index is 5.32. The molecule has 0 saturated heterocycles. The minimum Gasteiger partial charge on any atom is -0.355 e. The van der Waals surface area contributed by atoms with Crippen LogP contribution in [0.5, 0.6) is 0 Å². The molecule has 4 nitrogen and oxygen atoms in total. The third kappa shape index (κ3) is 4.45. The lowest BCUT2D eigenvalue weighted by molar-refractivity contribution is 1.30. The van der Waals surface area contributed by atoms with Gasteiger partial charge in [-0.2, -0.15) is 0 Å². The maximum atomic E-state index is 5.32. The van der Waals surface area contributed by atoms with Gasteiger partial charge in [0.25, 0.3) is 0 Å². The van der Waals surface area contributed by atoms with Crippen LogP contribution in [0.1, 0.15) is 28.3 Å². The van der Waals surface area contributed by atoms with E-state index in [1.807, 2.05) is 6.08 Å². The highest BCUT2D eigenvalue weighted by molar-refractivity contribution is 6.04. The molecule has 0 spiro atoms. The molecular weight excluding hydrogens is 512 g/mol. The molecule has 2 aliphatic heterocycles. The molecule has 0 fully saturated rings. The topological polar surface area (TPSA) is 57.4 Å². The zero-order valence-corrected chi connectivity index (χ0v) is 22.8. The van der Waals surface area contributed by atoms with Crippen molar-refractivity contribution in [3.05, 3.63) is 156 Å². The molecule has 3 aromatic carbocycles. The van der Waals surface area contributed by atoms with Gasteiger partial charge < -0.3 is 9.97 Å². The highest BCUT2D eigenvalue weighted by Gasteiger charge is 2.21. The number of hydrogen-bond donors (Lipinski definition) is 2. The Morgan fingerprint density at radius 3 is 1.69 bits per heavy atom. The van der Waals surface area contributed by atoms with Crippen molar-refractivity contribution in [3.63, 3.8) is 0 Å². The first-order valence-corrected chi connectivity index (χ1v) is 14.1. The maximum Gasteiger partial charge on any atom is 0.0815 e. The molecule has 5 heterocycles. The quantitative estimate of drug-likeness (QED) is 0.235. The smallest absolute Gasteiger partial charge is 0.0815 e. The molecule has 2 aliphatic rings. The summed E-state index contributed by atoms with van der Waals surface area (Å²) < 4.78 is 0. The number of benzene rings is 3. The van der Waals surface area contributed by atoms with Gasteiger partial charge in [0.05, 0.1) is 28.3 Å². The lowest BCUT2D eigenvalue weighted by Crippen LogP contribution is -1.92. The van der Waals surface area contributed by atoms with E-state index in [-0.39, 0.29) is 0 Å². The molecule has 198 valence electrons. The average Bonchev–Trinajstić information content (AvgIpc) is 3.84. The van der Waals surface area contributed by atoms with Crippen LogP contribution in [0.2, 0.25) is 0 Å². The van der Waals surface area contributed by atoms with Gasteiger partial charge in [-0.25, -0.2) is 9.97 Å². The number of fused-ring (bicyclic) bond motifs is 8. The zero-order chi connectivity index (χ0) is 27.9. The van der Waals surface area contributed by atoms with E-state index in [1.165, 1.54) is 0 Å². The van der Waals surface area contributed by atoms with E-state index >= 15 is 0 Å². The Labute approximate surface area is 243 Å². The summed E-state index contributed by atoms with van der Waals surface area (Å²) in [7, 11) is 0. The van der Waals surface area contributed by atoms with Crippen molar-refractivity contribution in [2.45, 2.75) is 0 Å². The molecule has 6 aromatic rings. The van der Waals surface area contributed by atoms with Crippen molar-refractivity contribution in [3.8, 4) is 22.3 Å². The second kappa shape index (κ2) is 10.0. The van der Waals surface area contributed by atoms with Crippen molar-refractivity contribution in [2.75, 3.05) is 0 Å². The predicted molar refractivity (Wildman–Crippen MR) is 174 cm³/mol. The third-order valence-corrected chi connectivity index (χ3v) is 7.67. The van der Waals surface area contributed by atoms with Gasteiger partial charge in [-0.15, -0.1) is 0 Å². The monoisotopic (exact) mass is 538 g/mol. The summed E-state index contributed by atoms with van der Waals surface area (Å²) in [5.41, 5.74) is 14.2. The van der Waals surface area contributed by atoms with E-state index in [4.69, 9.17) is 9.97 Å². The van der Waals surface area contributed by atoms with Crippen LogP contribution in [-0.4, -0.2) is 19.9 Å². The van der Waals surface area contributed by atoms with Crippen LogP contribution in [-0.2, 0) is 0 Å². The SMILES string of the molecule is C1=Cc2cc3cc(-c4ccccc4)c([nH]3)c(-c3ccccc3)c3nc(cc4ccc(cc1n2)[nH]4)C=C3c1ccccc1. The summed E-state index contributed by atoms with van der Waals surface area (Å²) in [6.45, 7) is 0. The first-order chi connectivity index (χ1) is 20.8. The van der Waals surface area contributed by atoms with E-state index < -0.39 is 0 Å². The number of aromatic amines is 2. The van der Waals surface area contributed by atoms with Crippen LogP contribution in [0.25, 0.3) is 68.1 Å². The Morgan fingerprint density at radius 2 is 1.02 bits per heavy atom. The fraction of sp³-hybridized carbons (Fsp3) is 0. The molecule has 2 N–H and O–H groups in total. The summed E-state index contributed by atoms with van der Waals surface area (Å²) in [4.78, 5) is 17.5. The molecular formula is C38H26N4. The largest absolute Gasteiger partial charge is 0.355 e. The first-order valence-electron chi connectivity index (χ1n) is 14.1. The minimum atomic E-state index is 0.895. The van der Waals surface area contributed by atoms with Crippen molar-refractivity contribution >= 4 is 45.9 Å². The Hall–Kier alpha value is -5.74. The molecule has 8 bridgehead atoms. The highest BCUT2D eigenvalue weighted by atomic mass is 14.8. The van der Waals surface area contributed by atoms with Crippen molar-refractivity contribution in [1.29, 1.82) is 0 Å².